The van der Waals surface area contributed by atoms with E-state index in [-0.39, 0.29) is 37.9 Å². The predicted octanol–water partition coefficient (Wildman–Crippen LogP) is 4.09. The molecule has 5 amide bonds. The number of hydrogen-bond donors (Lipinski definition) is 4. The second kappa shape index (κ2) is 19.9. The lowest BCUT2D eigenvalue weighted by Gasteiger charge is -2.34. The molecule has 1 saturated heterocycles. The SMILES string of the molecule is CC(C)[C@H]1NC(=O)[C@H](CC2CCCCC2)NC(=O)[C@H](COCc2ccccc2)NC(=O)[C@H](Cc2ccccc2)NC(=O)[C@@H](Cc2ccccc2)N(C)C1=O. The summed E-state index contributed by atoms with van der Waals surface area (Å²) >= 11 is 0. The van der Waals surface area contributed by atoms with Crippen LogP contribution in [0.5, 0.6) is 0 Å². The minimum atomic E-state index is -1.19. The Morgan fingerprint density at radius 1 is 0.611 bits per heavy atom. The summed E-state index contributed by atoms with van der Waals surface area (Å²) in [6, 6.07) is 22.9. The van der Waals surface area contributed by atoms with Crippen LogP contribution in [0.4, 0.5) is 0 Å². The summed E-state index contributed by atoms with van der Waals surface area (Å²) in [7, 11) is 1.56. The maximum Gasteiger partial charge on any atom is 0.245 e. The van der Waals surface area contributed by atoms with Gasteiger partial charge in [-0.05, 0) is 34.9 Å². The van der Waals surface area contributed by atoms with E-state index in [4.69, 9.17) is 4.74 Å². The molecule has 11 heteroatoms. The van der Waals surface area contributed by atoms with Crippen molar-refractivity contribution in [1.82, 2.24) is 26.2 Å². The number of nitrogens with one attached hydrogen (secondary N) is 4. The van der Waals surface area contributed by atoms with Gasteiger partial charge in [0.05, 0.1) is 13.2 Å². The van der Waals surface area contributed by atoms with Gasteiger partial charge >= 0.3 is 0 Å². The first-order valence-corrected chi connectivity index (χ1v) is 19.3. The summed E-state index contributed by atoms with van der Waals surface area (Å²) in [6.07, 6.45) is 5.79. The highest BCUT2D eigenvalue weighted by Gasteiger charge is 2.38. The van der Waals surface area contributed by atoms with Crippen molar-refractivity contribution >= 4 is 29.5 Å². The summed E-state index contributed by atoms with van der Waals surface area (Å²) in [4.78, 5) is 72.8. The highest BCUT2D eigenvalue weighted by atomic mass is 16.5. The van der Waals surface area contributed by atoms with Gasteiger partial charge in [0.15, 0.2) is 0 Å². The minimum absolute atomic E-state index is 0.131. The molecule has 0 unspecified atom stereocenters. The van der Waals surface area contributed by atoms with Gasteiger partial charge in [-0.1, -0.05) is 137 Å². The van der Waals surface area contributed by atoms with Crippen LogP contribution in [0, 0.1) is 11.8 Å². The molecule has 5 rings (SSSR count). The fourth-order valence-corrected chi connectivity index (χ4v) is 7.29. The molecule has 5 atom stereocenters. The van der Waals surface area contributed by atoms with Crippen molar-refractivity contribution < 1.29 is 28.7 Å². The van der Waals surface area contributed by atoms with Crippen LogP contribution < -0.4 is 21.3 Å². The number of carbonyl (C=O) groups is 5. The molecule has 288 valence electrons. The first-order valence-electron chi connectivity index (χ1n) is 19.3. The van der Waals surface area contributed by atoms with Crippen molar-refractivity contribution in [2.45, 2.75) is 102 Å². The first-order chi connectivity index (χ1) is 26.1. The zero-order chi connectivity index (χ0) is 38.5. The summed E-state index contributed by atoms with van der Waals surface area (Å²) in [5.41, 5.74) is 2.51. The highest BCUT2D eigenvalue weighted by Crippen LogP contribution is 2.28. The maximum atomic E-state index is 14.4. The fraction of sp³-hybridized carbons (Fsp3) is 0.465. The van der Waals surface area contributed by atoms with E-state index in [1.807, 2.05) is 105 Å². The van der Waals surface area contributed by atoms with E-state index in [1.54, 1.807) is 7.05 Å². The van der Waals surface area contributed by atoms with Gasteiger partial charge in [0.2, 0.25) is 29.5 Å². The number of nitrogens with zero attached hydrogens (tertiary/aromatic N) is 1. The van der Waals surface area contributed by atoms with Gasteiger partial charge in [-0.25, -0.2) is 0 Å². The molecule has 3 aromatic carbocycles. The normalized spacial score (nSPS) is 23.8. The molecule has 1 saturated carbocycles. The van der Waals surface area contributed by atoms with Gasteiger partial charge in [0.1, 0.15) is 30.2 Å². The standard InChI is InChI=1S/C43H55N5O6/c1-29(2)38-43(53)48(3)37(26-32-20-12-6-13-21-32)42(52)45-34(24-30-16-8-4-9-17-30)39(49)46-36(28-54-27-33-22-14-7-15-23-33)41(51)44-35(40(50)47-38)25-31-18-10-5-11-19-31/h4,6-9,12-17,20-23,29,31,34-38H,5,10-11,18-19,24-28H2,1-3H3,(H,44,51)(H,45,52)(H,46,49)(H,47,50)/t34-,35-,36-,37+,38+/m0/s1. The van der Waals surface area contributed by atoms with Crippen molar-refractivity contribution in [2.24, 2.45) is 11.8 Å². The van der Waals surface area contributed by atoms with Crippen molar-refractivity contribution in [3.8, 4) is 0 Å². The van der Waals surface area contributed by atoms with Crippen LogP contribution in [0.25, 0.3) is 0 Å². The lowest BCUT2D eigenvalue weighted by atomic mass is 9.84. The van der Waals surface area contributed by atoms with Crippen molar-refractivity contribution in [2.75, 3.05) is 13.7 Å². The molecule has 0 spiro atoms. The molecular weight excluding hydrogens is 683 g/mol. The Bertz CT molecular complexity index is 1680. The van der Waals surface area contributed by atoms with Crippen LogP contribution in [0.15, 0.2) is 91.0 Å². The molecule has 1 aliphatic carbocycles. The molecule has 1 heterocycles. The molecule has 3 aromatic rings. The van der Waals surface area contributed by atoms with Crippen LogP contribution in [0.2, 0.25) is 0 Å². The molecule has 1 aliphatic heterocycles. The van der Waals surface area contributed by atoms with Crippen LogP contribution in [-0.2, 0) is 48.2 Å². The van der Waals surface area contributed by atoms with Crippen molar-refractivity contribution in [1.29, 1.82) is 0 Å². The van der Waals surface area contributed by atoms with Crippen molar-refractivity contribution in [3.63, 3.8) is 0 Å². The number of ether oxygens (including phenoxy) is 1. The topological polar surface area (TPSA) is 146 Å². The lowest BCUT2D eigenvalue weighted by Crippen LogP contribution is -2.59. The van der Waals surface area contributed by atoms with Gasteiger partial charge < -0.3 is 30.9 Å². The second-order valence-electron chi connectivity index (χ2n) is 15.0. The largest absolute Gasteiger partial charge is 0.374 e. The Morgan fingerprint density at radius 2 is 1.11 bits per heavy atom. The van der Waals surface area contributed by atoms with E-state index in [0.29, 0.717) is 6.42 Å². The first kappa shape index (κ1) is 40.2. The van der Waals surface area contributed by atoms with E-state index in [1.165, 1.54) is 4.90 Å². The molecule has 0 radical (unpaired) electrons. The number of benzene rings is 3. The lowest BCUT2D eigenvalue weighted by molar-refractivity contribution is -0.143. The van der Waals surface area contributed by atoms with Gasteiger partial charge in [0.25, 0.3) is 0 Å². The number of carbonyl (C=O) groups excluding carboxylic acids is 5. The monoisotopic (exact) mass is 737 g/mol. The Morgan fingerprint density at radius 3 is 1.70 bits per heavy atom. The molecule has 2 fully saturated rings. The number of amides is 5. The van der Waals surface area contributed by atoms with Crippen molar-refractivity contribution in [3.05, 3.63) is 108 Å². The van der Waals surface area contributed by atoms with Crippen LogP contribution in [0.3, 0.4) is 0 Å². The molecule has 0 bridgehead atoms. The molecule has 54 heavy (non-hydrogen) atoms. The van der Waals surface area contributed by atoms with Crippen LogP contribution >= 0.6 is 0 Å². The zero-order valence-electron chi connectivity index (χ0n) is 31.7. The quantitative estimate of drug-likeness (QED) is 0.233. The maximum absolute atomic E-state index is 14.4. The Balaban J connectivity index is 1.53. The van der Waals surface area contributed by atoms with E-state index in [2.05, 4.69) is 21.3 Å². The van der Waals surface area contributed by atoms with E-state index < -0.39 is 59.7 Å². The molecule has 11 nitrogen and oxygen atoms in total. The molecule has 2 aliphatic rings. The van der Waals surface area contributed by atoms with Crippen LogP contribution in [0.1, 0.15) is 69.1 Å². The minimum Gasteiger partial charge on any atom is -0.374 e. The second-order valence-corrected chi connectivity index (χ2v) is 15.0. The third-order valence-electron chi connectivity index (χ3n) is 10.5. The van der Waals surface area contributed by atoms with Gasteiger partial charge in [-0.2, -0.15) is 0 Å². The fourth-order valence-electron chi connectivity index (χ4n) is 7.29. The smallest absolute Gasteiger partial charge is 0.245 e. The molecular formula is C43H55N5O6. The average molecular weight is 738 g/mol. The summed E-state index contributed by atoms with van der Waals surface area (Å²) < 4.78 is 6.00. The zero-order valence-corrected chi connectivity index (χ0v) is 31.7. The Kier molecular flexibility index (Phi) is 14.8. The third-order valence-corrected chi connectivity index (χ3v) is 10.5. The molecule has 0 aromatic heterocycles. The van der Waals surface area contributed by atoms with Gasteiger partial charge in [0, 0.05) is 19.9 Å². The summed E-state index contributed by atoms with van der Waals surface area (Å²) in [5.74, 6) is -2.76. The Hall–Kier alpha value is -5.03. The molecule has 4 N–H and O–H groups in total. The number of likely N-dealkylation sites (N-methyl/N-ethyl adjacent to an activating group) is 1. The average Bonchev–Trinajstić information content (AvgIpc) is 3.18. The van der Waals surface area contributed by atoms with E-state index in [9.17, 15) is 24.0 Å². The number of hydrogen-bond acceptors (Lipinski definition) is 6. The number of rotatable bonds is 11. The predicted molar refractivity (Wildman–Crippen MR) is 207 cm³/mol. The van der Waals surface area contributed by atoms with E-state index >= 15 is 0 Å². The van der Waals surface area contributed by atoms with Gasteiger partial charge in [-0.15, -0.1) is 0 Å². The van der Waals surface area contributed by atoms with E-state index in [0.717, 1.165) is 48.8 Å². The highest BCUT2D eigenvalue weighted by molar-refractivity contribution is 5.98. The van der Waals surface area contributed by atoms with Gasteiger partial charge in [-0.3, -0.25) is 24.0 Å². The van der Waals surface area contributed by atoms with Crippen LogP contribution in [-0.4, -0.2) is 78.3 Å². The Labute approximate surface area is 319 Å². The summed E-state index contributed by atoms with van der Waals surface area (Å²) in [5, 5.41) is 11.7. The summed E-state index contributed by atoms with van der Waals surface area (Å²) in [6.45, 7) is 3.69. The third kappa shape index (κ3) is 11.5.